The molecule has 0 saturated carbocycles. The molecule has 0 spiro atoms. The largest absolute Gasteiger partial charge is 0.370 e. The van der Waals surface area contributed by atoms with E-state index in [1.165, 1.54) is 5.56 Å². The van der Waals surface area contributed by atoms with Crippen LogP contribution in [0.5, 0.6) is 0 Å². The molecule has 1 fully saturated rings. The number of anilines is 2. The Morgan fingerprint density at radius 1 is 1.24 bits per heavy atom. The Bertz CT molecular complexity index is 483. The highest BCUT2D eigenvalue weighted by atomic mass is 16.2. The maximum absolute atomic E-state index is 11.4. The number of aromatic nitrogens is 2. The van der Waals surface area contributed by atoms with E-state index in [1.807, 2.05) is 4.90 Å². The van der Waals surface area contributed by atoms with Crippen LogP contribution in [-0.2, 0) is 11.2 Å². The third kappa shape index (κ3) is 3.62. The third-order valence-electron chi connectivity index (χ3n) is 3.79. The first-order chi connectivity index (χ1) is 10.2. The molecule has 1 N–H and O–H groups in total. The average Bonchev–Trinajstić information content (AvgIpc) is 2.49. The molecule has 1 amide bonds. The minimum atomic E-state index is 0.152. The molecular formula is C15H25N5O. The first-order valence-corrected chi connectivity index (χ1v) is 7.75. The van der Waals surface area contributed by atoms with Crippen LogP contribution in [0, 0.1) is 0 Å². The fourth-order valence-corrected chi connectivity index (χ4v) is 2.71. The Balaban J connectivity index is 2.19. The van der Waals surface area contributed by atoms with Crippen molar-refractivity contribution in [3.8, 4) is 0 Å². The summed E-state index contributed by atoms with van der Waals surface area (Å²) in [6.45, 7) is 9.92. The molecule has 6 heteroatoms. The molecule has 0 aliphatic carbocycles. The molecule has 1 aliphatic heterocycles. The number of piperazine rings is 1. The molecule has 2 heterocycles. The summed E-state index contributed by atoms with van der Waals surface area (Å²) < 4.78 is 0. The highest BCUT2D eigenvalue weighted by Gasteiger charge is 2.22. The summed E-state index contributed by atoms with van der Waals surface area (Å²) in [6, 6.07) is 0. The van der Waals surface area contributed by atoms with Crippen LogP contribution in [0.4, 0.5) is 11.6 Å². The second-order valence-electron chi connectivity index (χ2n) is 5.30. The van der Waals surface area contributed by atoms with Crippen molar-refractivity contribution in [3.63, 3.8) is 0 Å². The topological polar surface area (TPSA) is 61.4 Å². The molecule has 1 saturated heterocycles. The summed E-state index contributed by atoms with van der Waals surface area (Å²) in [7, 11) is 0. The van der Waals surface area contributed by atoms with Gasteiger partial charge in [0.05, 0.1) is 0 Å². The number of carbonyl (C=O) groups is 1. The van der Waals surface area contributed by atoms with Crippen LogP contribution in [0.15, 0.2) is 6.33 Å². The van der Waals surface area contributed by atoms with Crippen LogP contribution in [0.2, 0.25) is 0 Å². The van der Waals surface area contributed by atoms with Crippen LogP contribution in [0.25, 0.3) is 0 Å². The van der Waals surface area contributed by atoms with Gasteiger partial charge in [0.15, 0.2) is 0 Å². The number of hydrogen-bond acceptors (Lipinski definition) is 5. The summed E-state index contributed by atoms with van der Waals surface area (Å²) >= 11 is 0. The van der Waals surface area contributed by atoms with E-state index in [2.05, 4.69) is 34.0 Å². The van der Waals surface area contributed by atoms with E-state index >= 15 is 0 Å². The molecule has 0 bridgehead atoms. The summed E-state index contributed by atoms with van der Waals surface area (Å²) in [4.78, 5) is 24.5. The standard InChI is InChI=1S/C15H25N5O/c1-4-6-13-14(16-5-2)17-11-18-15(13)20-9-7-19(8-10-20)12(3)21/h11H,4-10H2,1-3H3,(H,16,17,18). The minimum absolute atomic E-state index is 0.152. The zero-order valence-electron chi connectivity index (χ0n) is 13.2. The lowest BCUT2D eigenvalue weighted by molar-refractivity contribution is -0.129. The van der Waals surface area contributed by atoms with Gasteiger partial charge in [0, 0.05) is 45.2 Å². The summed E-state index contributed by atoms with van der Waals surface area (Å²) in [6.07, 6.45) is 3.65. The van der Waals surface area contributed by atoms with Crippen molar-refractivity contribution in [2.75, 3.05) is 42.9 Å². The van der Waals surface area contributed by atoms with E-state index in [9.17, 15) is 4.79 Å². The van der Waals surface area contributed by atoms with E-state index in [0.717, 1.165) is 57.2 Å². The lowest BCUT2D eigenvalue weighted by Crippen LogP contribution is -2.48. The second kappa shape index (κ2) is 7.24. The highest BCUT2D eigenvalue weighted by molar-refractivity contribution is 5.73. The fraction of sp³-hybridized carbons (Fsp3) is 0.667. The lowest BCUT2D eigenvalue weighted by atomic mass is 10.1. The molecule has 1 aromatic rings. The average molecular weight is 291 g/mol. The van der Waals surface area contributed by atoms with Crippen LogP contribution in [0.1, 0.15) is 32.8 Å². The Hall–Kier alpha value is -1.85. The fourth-order valence-electron chi connectivity index (χ4n) is 2.71. The quantitative estimate of drug-likeness (QED) is 0.891. The molecule has 1 aliphatic rings. The van der Waals surface area contributed by atoms with Gasteiger partial charge in [-0.15, -0.1) is 0 Å². The molecule has 116 valence electrons. The Morgan fingerprint density at radius 2 is 1.95 bits per heavy atom. The van der Waals surface area contributed by atoms with Gasteiger partial charge in [-0.3, -0.25) is 4.79 Å². The van der Waals surface area contributed by atoms with E-state index in [1.54, 1.807) is 13.3 Å². The first kappa shape index (κ1) is 15.5. The van der Waals surface area contributed by atoms with Crippen LogP contribution < -0.4 is 10.2 Å². The maximum atomic E-state index is 11.4. The van der Waals surface area contributed by atoms with Crippen molar-refractivity contribution in [3.05, 3.63) is 11.9 Å². The predicted octanol–water partition coefficient (Wildman–Crippen LogP) is 1.53. The Morgan fingerprint density at radius 3 is 2.52 bits per heavy atom. The van der Waals surface area contributed by atoms with Gasteiger partial charge in [-0.1, -0.05) is 13.3 Å². The molecule has 1 aromatic heterocycles. The molecular weight excluding hydrogens is 266 g/mol. The van der Waals surface area contributed by atoms with Crippen LogP contribution in [-0.4, -0.2) is 53.5 Å². The van der Waals surface area contributed by atoms with Gasteiger partial charge in [-0.2, -0.15) is 0 Å². The molecule has 6 nitrogen and oxygen atoms in total. The van der Waals surface area contributed by atoms with E-state index < -0.39 is 0 Å². The first-order valence-electron chi connectivity index (χ1n) is 7.75. The SMILES string of the molecule is CCCc1c(NCC)ncnc1N1CCN(C(C)=O)CC1. The van der Waals surface area contributed by atoms with Crippen LogP contribution in [0.3, 0.4) is 0 Å². The van der Waals surface area contributed by atoms with E-state index in [4.69, 9.17) is 0 Å². The Labute approximate surface area is 126 Å². The van der Waals surface area contributed by atoms with Crippen molar-refractivity contribution in [2.45, 2.75) is 33.6 Å². The lowest BCUT2D eigenvalue weighted by Gasteiger charge is -2.36. The number of hydrogen-bond donors (Lipinski definition) is 1. The summed E-state index contributed by atoms with van der Waals surface area (Å²) in [5.74, 6) is 2.11. The van der Waals surface area contributed by atoms with Gasteiger partial charge in [0.25, 0.3) is 0 Å². The second-order valence-corrected chi connectivity index (χ2v) is 5.30. The van der Waals surface area contributed by atoms with Gasteiger partial charge in [-0.05, 0) is 13.3 Å². The number of nitrogens with one attached hydrogen (secondary N) is 1. The van der Waals surface area contributed by atoms with Gasteiger partial charge in [-0.25, -0.2) is 9.97 Å². The molecule has 0 unspecified atom stereocenters. The third-order valence-corrected chi connectivity index (χ3v) is 3.79. The van der Waals surface area contributed by atoms with Crippen molar-refractivity contribution >= 4 is 17.5 Å². The monoisotopic (exact) mass is 291 g/mol. The Kier molecular flexibility index (Phi) is 5.36. The molecule has 0 radical (unpaired) electrons. The van der Waals surface area contributed by atoms with Crippen LogP contribution >= 0.6 is 0 Å². The van der Waals surface area contributed by atoms with Crippen molar-refractivity contribution in [1.82, 2.24) is 14.9 Å². The van der Waals surface area contributed by atoms with Crippen molar-refractivity contribution < 1.29 is 4.79 Å². The predicted molar refractivity (Wildman–Crippen MR) is 84.7 cm³/mol. The smallest absolute Gasteiger partial charge is 0.219 e. The van der Waals surface area contributed by atoms with E-state index in [-0.39, 0.29) is 5.91 Å². The zero-order valence-corrected chi connectivity index (χ0v) is 13.2. The highest BCUT2D eigenvalue weighted by Crippen LogP contribution is 2.25. The van der Waals surface area contributed by atoms with Gasteiger partial charge in [0.2, 0.25) is 5.91 Å². The molecule has 2 rings (SSSR count). The summed E-state index contributed by atoms with van der Waals surface area (Å²) in [5, 5.41) is 3.33. The molecule has 0 atom stereocenters. The van der Waals surface area contributed by atoms with Gasteiger partial charge in [0.1, 0.15) is 18.0 Å². The zero-order chi connectivity index (χ0) is 15.2. The maximum Gasteiger partial charge on any atom is 0.219 e. The normalized spacial score (nSPS) is 15.2. The van der Waals surface area contributed by atoms with Crippen molar-refractivity contribution in [1.29, 1.82) is 0 Å². The minimum Gasteiger partial charge on any atom is -0.370 e. The number of carbonyl (C=O) groups excluding carboxylic acids is 1. The number of nitrogens with zero attached hydrogens (tertiary/aromatic N) is 4. The van der Waals surface area contributed by atoms with E-state index in [0.29, 0.717) is 0 Å². The van der Waals surface area contributed by atoms with Gasteiger partial charge < -0.3 is 15.1 Å². The summed E-state index contributed by atoms with van der Waals surface area (Å²) in [5.41, 5.74) is 1.19. The number of rotatable bonds is 5. The number of amides is 1. The van der Waals surface area contributed by atoms with Crippen molar-refractivity contribution in [2.24, 2.45) is 0 Å². The molecule has 21 heavy (non-hydrogen) atoms. The van der Waals surface area contributed by atoms with Gasteiger partial charge >= 0.3 is 0 Å². The molecule has 0 aromatic carbocycles.